The van der Waals surface area contributed by atoms with Gasteiger partial charge in [0.15, 0.2) is 0 Å². The number of hydrogen-bond donors (Lipinski definition) is 2. The molecule has 1 saturated carbocycles. The lowest BCUT2D eigenvalue weighted by Crippen LogP contribution is -2.31. The van der Waals surface area contributed by atoms with E-state index in [4.69, 9.17) is 0 Å². The van der Waals surface area contributed by atoms with E-state index in [1.165, 1.54) is 31.4 Å². The standard InChI is InChI=1S/C21H27FN2O2/c1-14-19(12-23-18-9-4-3-5-10-18)20(21(25)26)15(2)24(14)13-16-7-6-8-17(22)11-16/h6-8,11,18,23H,3-5,9-10,12-13H2,1-2H3,(H,25,26). The Bertz CT molecular complexity index is 792. The highest BCUT2D eigenvalue weighted by Gasteiger charge is 2.23. The molecular formula is C21H27FN2O2. The molecule has 0 spiro atoms. The molecule has 0 radical (unpaired) electrons. The summed E-state index contributed by atoms with van der Waals surface area (Å²) in [5, 5.41) is 13.3. The van der Waals surface area contributed by atoms with Gasteiger partial charge in [0.05, 0.1) is 5.56 Å². The van der Waals surface area contributed by atoms with Gasteiger partial charge in [0.2, 0.25) is 0 Å². The van der Waals surface area contributed by atoms with Crippen LogP contribution in [0.25, 0.3) is 0 Å². The molecule has 3 rings (SSSR count). The smallest absolute Gasteiger partial charge is 0.337 e. The Kier molecular flexibility index (Phi) is 5.77. The first-order chi connectivity index (χ1) is 12.5. The van der Waals surface area contributed by atoms with Crippen molar-refractivity contribution in [1.29, 1.82) is 0 Å². The second kappa shape index (κ2) is 8.04. The summed E-state index contributed by atoms with van der Waals surface area (Å²) in [6.07, 6.45) is 6.08. The monoisotopic (exact) mass is 358 g/mol. The third-order valence-electron chi connectivity index (χ3n) is 5.53. The van der Waals surface area contributed by atoms with E-state index in [-0.39, 0.29) is 5.82 Å². The van der Waals surface area contributed by atoms with Crippen LogP contribution in [0.2, 0.25) is 0 Å². The lowest BCUT2D eigenvalue weighted by Gasteiger charge is -2.23. The predicted molar refractivity (Wildman–Crippen MR) is 100 cm³/mol. The molecule has 0 bridgehead atoms. The lowest BCUT2D eigenvalue weighted by molar-refractivity contribution is 0.0694. The van der Waals surface area contributed by atoms with E-state index in [1.54, 1.807) is 6.07 Å². The van der Waals surface area contributed by atoms with Crippen molar-refractivity contribution in [3.8, 4) is 0 Å². The van der Waals surface area contributed by atoms with Gasteiger partial charge in [-0.25, -0.2) is 9.18 Å². The molecule has 2 aromatic rings. The molecule has 0 aliphatic heterocycles. The van der Waals surface area contributed by atoms with Crippen molar-refractivity contribution in [3.05, 3.63) is 58.2 Å². The van der Waals surface area contributed by atoms with Crippen molar-refractivity contribution >= 4 is 5.97 Å². The van der Waals surface area contributed by atoms with Crippen molar-refractivity contribution < 1.29 is 14.3 Å². The van der Waals surface area contributed by atoms with Crippen molar-refractivity contribution in [1.82, 2.24) is 9.88 Å². The van der Waals surface area contributed by atoms with E-state index >= 15 is 0 Å². The molecule has 0 saturated heterocycles. The molecule has 5 heteroatoms. The molecule has 0 unspecified atom stereocenters. The maximum Gasteiger partial charge on any atom is 0.337 e. The number of carboxylic acid groups (broad SMARTS) is 1. The Labute approximate surface area is 154 Å². The van der Waals surface area contributed by atoms with Gasteiger partial charge in [-0.1, -0.05) is 31.4 Å². The minimum absolute atomic E-state index is 0.275. The number of aromatic carboxylic acids is 1. The Morgan fingerprint density at radius 3 is 2.62 bits per heavy atom. The molecule has 140 valence electrons. The normalized spacial score (nSPS) is 15.3. The van der Waals surface area contributed by atoms with Crippen LogP contribution in [-0.2, 0) is 13.1 Å². The highest BCUT2D eigenvalue weighted by molar-refractivity contribution is 5.91. The number of carboxylic acids is 1. The number of rotatable bonds is 6. The molecule has 0 atom stereocenters. The van der Waals surface area contributed by atoms with Gasteiger partial charge in [-0.2, -0.15) is 0 Å². The molecular weight excluding hydrogens is 331 g/mol. The topological polar surface area (TPSA) is 54.3 Å². The zero-order valence-electron chi connectivity index (χ0n) is 15.5. The number of aromatic nitrogens is 1. The summed E-state index contributed by atoms with van der Waals surface area (Å²) in [5.41, 5.74) is 3.71. The van der Waals surface area contributed by atoms with Crippen LogP contribution in [0.3, 0.4) is 0 Å². The number of nitrogens with zero attached hydrogens (tertiary/aromatic N) is 1. The average molecular weight is 358 g/mol. The van der Waals surface area contributed by atoms with Crippen molar-refractivity contribution in [3.63, 3.8) is 0 Å². The van der Waals surface area contributed by atoms with E-state index in [0.29, 0.717) is 24.7 Å². The highest BCUT2D eigenvalue weighted by Crippen LogP contribution is 2.25. The van der Waals surface area contributed by atoms with Crippen molar-refractivity contribution in [2.45, 2.75) is 65.1 Å². The number of carbonyl (C=O) groups is 1. The molecule has 1 aromatic carbocycles. The molecule has 1 aliphatic rings. The van der Waals surface area contributed by atoms with Crippen LogP contribution < -0.4 is 5.32 Å². The second-order valence-corrected chi connectivity index (χ2v) is 7.26. The van der Waals surface area contributed by atoms with Crippen LogP contribution in [0.15, 0.2) is 24.3 Å². The number of halogens is 1. The zero-order valence-corrected chi connectivity index (χ0v) is 15.5. The van der Waals surface area contributed by atoms with Crippen molar-refractivity contribution in [2.75, 3.05) is 0 Å². The van der Waals surface area contributed by atoms with E-state index in [9.17, 15) is 14.3 Å². The Balaban J connectivity index is 1.87. The van der Waals surface area contributed by atoms with Crippen LogP contribution in [-0.4, -0.2) is 21.7 Å². The second-order valence-electron chi connectivity index (χ2n) is 7.26. The molecule has 1 aliphatic carbocycles. The Hall–Kier alpha value is -2.14. The highest BCUT2D eigenvalue weighted by atomic mass is 19.1. The molecule has 1 fully saturated rings. The van der Waals surface area contributed by atoms with Gasteiger partial charge in [0.25, 0.3) is 0 Å². The Morgan fingerprint density at radius 1 is 1.23 bits per heavy atom. The summed E-state index contributed by atoms with van der Waals surface area (Å²) in [6.45, 7) is 4.82. The quantitative estimate of drug-likeness (QED) is 0.804. The SMILES string of the molecule is Cc1c(CNC2CCCCC2)c(C(=O)O)c(C)n1Cc1cccc(F)c1. The number of hydrogen-bond acceptors (Lipinski definition) is 2. The summed E-state index contributed by atoms with van der Waals surface area (Å²) in [5.74, 6) is -1.17. The van der Waals surface area contributed by atoms with Crippen LogP contribution >= 0.6 is 0 Å². The summed E-state index contributed by atoms with van der Waals surface area (Å²) >= 11 is 0. The molecule has 1 heterocycles. The third-order valence-corrected chi connectivity index (χ3v) is 5.53. The fourth-order valence-corrected chi connectivity index (χ4v) is 4.06. The lowest BCUT2D eigenvalue weighted by atomic mass is 9.95. The fraction of sp³-hybridized carbons (Fsp3) is 0.476. The molecule has 4 nitrogen and oxygen atoms in total. The molecule has 0 amide bonds. The Morgan fingerprint density at radius 2 is 1.96 bits per heavy atom. The predicted octanol–water partition coefficient (Wildman–Crippen LogP) is 4.41. The van der Waals surface area contributed by atoms with Gasteiger partial charge in [-0.05, 0) is 44.4 Å². The summed E-state index contributed by atoms with van der Waals surface area (Å²) in [7, 11) is 0. The maximum absolute atomic E-state index is 13.5. The van der Waals surface area contributed by atoms with E-state index in [0.717, 1.165) is 35.4 Å². The van der Waals surface area contributed by atoms with Gasteiger partial charge in [0.1, 0.15) is 5.82 Å². The van der Waals surface area contributed by atoms with Gasteiger partial charge < -0.3 is 15.0 Å². The minimum Gasteiger partial charge on any atom is -0.478 e. The average Bonchev–Trinajstić information content (AvgIpc) is 2.85. The van der Waals surface area contributed by atoms with E-state index in [2.05, 4.69) is 5.32 Å². The first-order valence-electron chi connectivity index (χ1n) is 9.37. The first kappa shape index (κ1) is 18.6. The van der Waals surface area contributed by atoms with Crippen molar-refractivity contribution in [2.24, 2.45) is 0 Å². The summed E-state index contributed by atoms with van der Waals surface area (Å²) < 4.78 is 15.5. The first-order valence-corrected chi connectivity index (χ1v) is 9.37. The van der Waals surface area contributed by atoms with Gasteiger partial charge in [-0.3, -0.25) is 0 Å². The molecule has 2 N–H and O–H groups in total. The third kappa shape index (κ3) is 3.98. The summed E-state index contributed by atoms with van der Waals surface area (Å²) in [4.78, 5) is 11.9. The molecule has 26 heavy (non-hydrogen) atoms. The maximum atomic E-state index is 13.5. The zero-order chi connectivity index (χ0) is 18.7. The fourth-order valence-electron chi connectivity index (χ4n) is 4.06. The minimum atomic E-state index is -0.899. The van der Waals surface area contributed by atoms with E-state index < -0.39 is 5.97 Å². The summed E-state index contributed by atoms with van der Waals surface area (Å²) in [6, 6.07) is 6.93. The number of benzene rings is 1. The van der Waals surface area contributed by atoms with Crippen LogP contribution in [0.1, 0.15) is 65.0 Å². The molecule has 1 aromatic heterocycles. The van der Waals surface area contributed by atoms with Crippen LogP contribution in [0.5, 0.6) is 0 Å². The van der Waals surface area contributed by atoms with Crippen LogP contribution in [0, 0.1) is 19.7 Å². The van der Waals surface area contributed by atoms with E-state index in [1.807, 2.05) is 24.5 Å². The largest absolute Gasteiger partial charge is 0.478 e. The number of nitrogens with one attached hydrogen (secondary N) is 1. The van der Waals surface area contributed by atoms with Gasteiger partial charge >= 0.3 is 5.97 Å². The van der Waals surface area contributed by atoms with Gasteiger partial charge in [-0.15, -0.1) is 0 Å². The van der Waals surface area contributed by atoms with Gasteiger partial charge in [0, 0.05) is 36.1 Å². The van der Waals surface area contributed by atoms with Crippen LogP contribution in [0.4, 0.5) is 4.39 Å².